The van der Waals surface area contributed by atoms with Crippen molar-refractivity contribution in [2.45, 2.75) is 25.9 Å². The number of aromatic nitrogens is 2. The van der Waals surface area contributed by atoms with Crippen molar-refractivity contribution in [1.82, 2.24) is 14.9 Å². The predicted molar refractivity (Wildman–Crippen MR) is 79.5 cm³/mol. The van der Waals surface area contributed by atoms with Crippen LogP contribution in [0.1, 0.15) is 29.3 Å². The largest absolute Gasteiger partial charge is 0.394 e. The molecule has 2 aromatic heterocycles. The van der Waals surface area contributed by atoms with Crippen molar-refractivity contribution in [2.24, 2.45) is 0 Å². The van der Waals surface area contributed by atoms with Crippen LogP contribution in [-0.2, 0) is 6.54 Å². The maximum Gasteiger partial charge on any atom is 0.257 e. The molecule has 1 N–H and O–H groups in total. The minimum absolute atomic E-state index is 0.0502. The van der Waals surface area contributed by atoms with Gasteiger partial charge in [-0.05, 0) is 24.1 Å². The van der Waals surface area contributed by atoms with Crippen molar-refractivity contribution in [1.29, 1.82) is 0 Å². The lowest BCUT2D eigenvalue weighted by Gasteiger charge is -2.30. The number of hydrogen-bond donors (Lipinski definition) is 1. The molecule has 0 aliphatic rings. The molecule has 0 spiro atoms. The van der Waals surface area contributed by atoms with Gasteiger partial charge in [0.2, 0.25) is 0 Å². The smallest absolute Gasteiger partial charge is 0.257 e. The van der Waals surface area contributed by atoms with E-state index in [2.05, 4.69) is 9.97 Å². The van der Waals surface area contributed by atoms with E-state index in [-0.39, 0.29) is 24.8 Å². The van der Waals surface area contributed by atoms with Crippen LogP contribution in [0.4, 0.5) is 4.39 Å². The van der Waals surface area contributed by atoms with Gasteiger partial charge in [0.15, 0.2) is 5.82 Å². The monoisotopic (exact) mass is 303 g/mol. The van der Waals surface area contributed by atoms with Crippen LogP contribution in [0.5, 0.6) is 0 Å². The van der Waals surface area contributed by atoms with E-state index in [0.29, 0.717) is 6.42 Å². The van der Waals surface area contributed by atoms with Gasteiger partial charge in [-0.2, -0.15) is 0 Å². The number of pyridine rings is 2. The molecule has 0 saturated carbocycles. The van der Waals surface area contributed by atoms with Crippen molar-refractivity contribution in [3.05, 3.63) is 59.9 Å². The normalized spacial score (nSPS) is 12.0. The molecule has 116 valence electrons. The summed E-state index contributed by atoms with van der Waals surface area (Å²) in [7, 11) is 0. The van der Waals surface area contributed by atoms with Crippen molar-refractivity contribution < 1.29 is 14.3 Å². The molecule has 0 aromatic carbocycles. The third-order valence-corrected chi connectivity index (χ3v) is 3.46. The first-order valence-corrected chi connectivity index (χ1v) is 7.07. The number of hydrogen-bond acceptors (Lipinski definition) is 4. The summed E-state index contributed by atoms with van der Waals surface area (Å²) < 4.78 is 13.8. The topological polar surface area (TPSA) is 66.3 Å². The molecule has 0 aliphatic heterocycles. The highest BCUT2D eigenvalue weighted by Crippen LogP contribution is 2.16. The summed E-state index contributed by atoms with van der Waals surface area (Å²) in [5.41, 5.74) is 0.767. The zero-order chi connectivity index (χ0) is 15.9. The second-order valence-electron chi connectivity index (χ2n) is 4.89. The summed E-state index contributed by atoms with van der Waals surface area (Å²) in [6.07, 6.45) is 6.23. The van der Waals surface area contributed by atoms with Crippen LogP contribution in [-0.4, -0.2) is 38.5 Å². The number of aliphatic hydroxyl groups excluding tert-OH is 1. The second kappa shape index (κ2) is 7.61. The van der Waals surface area contributed by atoms with E-state index < -0.39 is 11.7 Å². The Kier molecular flexibility index (Phi) is 5.55. The highest BCUT2D eigenvalue weighted by atomic mass is 19.1. The lowest BCUT2D eigenvalue weighted by Crippen LogP contribution is -2.42. The fourth-order valence-corrected chi connectivity index (χ4v) is 2.21. The van der Waals surface area contributed by atoms with E-state index in [0.717, 1.165) is 11.8 Å². The molecule has 0 bridgehead atoms. The first-order chi connectivity index (χ1) is 10.7. The Hall–Kier alpha value is -2.34. The Morgan fingerprint density at radius 2 is 2.09 bits per heavy atom. The molecule has 1 amide bonds. The maximum absolute atomic E-state index is 13.8. The summed E-state index contributed by atoms with van der Waals surface area (Å²) in [5.74, 6) is -1.14. The minimum atomic E-state index is -0.670. The maximum atomic E-state index is 13.8. The molecule has 22 heavy (non-hydrogen) atoms. The third-order valence-electron chi connectivity index (χ3n) is 3.46. The van der Waals surface area contributed by atoms with Crippen molar-refractivity contribution >= 4 is 5.91 Å². The summed E-state index contributed by atoms with van der Waals surface area (Å²) in [4.78, 5) is 21.8. The van der Waals surface area contributed by atoms with Gasteiger partial charge in [0.1, 0.15) is 0 Å². The van der Waals surface area contributed by atoms with Gasteiger partial charge in [0.05, 0.1) is 24.4 Å². The molecule has 1 atom stereocenters. The number of rotatable bonds is 6. The number of nitrogens with zero attached hydrogens (tertiary/aromatic N) is 3. The van der Waals surface area contributed by atoms with Crippen LogP contribution in [0.15, 0.2) is 43.0 Å². The van der Waals surface area contributed by atoms with Crippen LogP contribution in [0.2, 0.25) is 0 Å². The molecular formula is C16H18FN3O2. The standard InChI is InChI=1S/C16H18FN3O2/c1-2-13(11-21)20(10-12-4-3-6-18-8-12)16(22)14-5-7-19-9-15(14)17/h3-9,13,21H,2,10-11H2,1H3/t13-/m1/s1. The number of halogens is 1. The van der Waals surface area contributed by atoms with E-state index in [9.17, 15) is 14.3 Å². The molecular weight excluding hydrogens is 285 g/mol. The lowest BCUT2D eigenvalue weighted by molar-refractivity contribution is 0.0558. The van der Waals surface area contributed by atoms with Gasteiger partial charge in [0.25, 0.3) is 5.91 Å². The highest BCUT2D eigenvalue weighted by molar-refractivity contribution is 5.94. The fourth-order valence-electron chi connectivity index (χ4n) is 2.21. The molecule has 0 aliphatic carbocycles. The van der Waals surface area contributed by atoms with Crippen molar-refractivity contribution in [3.63, 3.8) is 0 Å². The molecule has 2 rings (SSSR count). The Bertz CT molecular complexity index is 618. The van der Waals surface area contributed by atoms with E-state index in [1.807, 2.05) is 13.0 Å². The number of aliphatic hydroxyl groups is 1. The zero-order valence-corrected chi connectivity index (χ0v) is 12.3. The molecule has 6 heteroatoms. The summed E-state index contributed by atoms with van der Waals surface area (Å²) >= 11 is 0. The summed E-state index contributed by atoms with van der Waals surface area (Å²) in [5, 5.41) is 9.52. The summed E-state index contributed by atoms with van der Waals surface area (Å²) in [6, 6.07) is 4.56. The molecule has 5 nitrogen and oxygen atoms in total. The van der Waals surface area contributed by atoms with E-state index >= 15 is 0 Å². The zero-order valence-electron chi connectivity index (χ0n) is 12.3. The van der Waals surface area contributed by atoms with E-state index in [1.54, 1.807) is 18.5 Å². The minimum Gasteiger partial charge on any atom is -0.394 e. The lowest BCUT2D eigenvalue weighted by atomic mass is 10.1. The number of carbonyl (C=O) groups is 1. The van der Waals surface area contributed by atoms with Crippen molar-refractivity contribution in [2.75, 3.05) is 6.61 Å². The predicted octanol–water partition coefficient (Wildman–Crippen LogP) is 2.03. The van der Waals surface area contributed by atoms with E-state index in [4.69, 9.17) is 0 Å². The molecule has 0 saturated heterocycles. The molecule has 0 radical (unpaired) electrons. The van der Waals surface area contributed by atoms with Gasteiger partial charge in [-0.1, -0.05) is 13.0 Å². The van der Waals surface area contributed by atoms with Crippen LogP contribution >= 0.6 is 0 Å². The van der Waals surface area contributed by atoms with Gasteiger partial charge in [0, 0.05) is 25.1 Å². The van der Waals surface area contributed by atoms with Crippen LogP contribution in [0.3, 0.4) is 0 Å². The summed E-state index contributed by atoms with van der Waals surface area (Å²) in [6.45, 7) is 1.94. The molecule has 2 heterocycles. The van der Waals surface area contributed by atoms with Crippen LogP contribution in [0.25, 0.3) is 0 Å². The van der Waals surface area contributed by atoms with Gasteiger partial charge in [-0.25, -0.2) is 4.39 Å². The van der Waals surface area contributed by atoms with Gasteiger partial charge in [-0.15, -0.1) is 0 Å². The molecule has 0 fully saturated rings. The Morgan fingerprint density at radius 1 is 1.32 bits per heavy atom. The van der Waals surface area contributed by atoms with Crippen molar-refractivity contribution in [3.8, 4) is 0 Å². The van der Waals surface area contributed by atoms with Gasteiger partial charge in [-0.3, -0.25) is 14.8 Å². The number of amides is 1. The Balaban J connectivity index is 2.32. The van der Waals surface area contributed by atoms with Gasteiger partial charge < -0.3 is 10.0 Å². The Labute approximate surface area is 128 Å². The van der Waals surface area contributed by atoms with Crippen LogP contribution < -0.4 is 0 Å². The van der Waals surface area contributed by atoms with E-state index in [1.165, 1.54) is 17.2 Å². The average molecular weight is 303 g/mol. The molecule has 0 unspecified atom stereocenters. The highest BCUT2D eigenvalue weighted by Gasteiger charge is 2.25. The SMILES string of the molecule is CC[C@H](CO)N(Cc1cccnc1)C(=O)c1ccncc1F. The third kappa shape index (κ3) is 3.65. The first kappa shape index (κ1) is 16.0. The number of carbonyl (C=O) groups excluding carboxylic acids is 1. The average Bonchev–Trinajstić information content (AvgIpc) is 2.56. The fraction of sp³-hybridized carbons (Fsp3) is 0.312. The second-order valence-corrected chi connectivity index (χ2v) is 4.89. The molecule has 2 aromatic rings. The van der Waals surface area contributed by atoms with Gasteiger partial charge >= 0.3 is 0 Å². The Morgan fingerprint density at radius 3 is 2.68 bits per heavy atom. The first-order valence-electron chi connectivity index (χ1n) is 7.07. The quantitative estimate of drug-likeness (QED) is 0.886. The van der Waals surface area contributed by atoms with Crippen LogP contribution in [0, 0.1) is 5.82 Å².